The average Bonchev–Trinajstić information content (AvgIpc) is 3.51. The van der Waals surface area contributed by atoms with Gasteiger partial charge in [-0.25, -0.2) is 10.2 Å². The average molecular weight is 399 g/mol. The highest BCUT2D eigenvalue weighted by atomic mass is 16.5. The second-order valence-electron chi connectivity index (χ2n) is 8.19. The zero-order valence-corrected chi connectivity index (χ0v) is 17.1. The van der Waals surface area contributed by atoms with E-state index < -0.39 is 5.69 Å². The Hall–Kier alpha value is -2.80. The number of aromatic nitrogens is 2. The molecule has 0 bridgehead atoms. The Bertz CT molecular complexity index is 941. The molecule has 7 nitrogen and oxygen atoms in total. The van der Waals surface area contributed by atoms with Gasteiger partial charge in [-0.15, -0.1) is 0 Å². The number of H-pyrrole nitrogens is 1. The highest BCUT2D eigenvalue weighted by molar-refractivity contribution is 5.47. The molecule has 3 N–H and O–H groups in total. The van der Waals surface area contributed by atoms with Crippen LogP contribution in [-0.4, -0.2) is 21.7 Å². The first-order chi connectivity index (χ1) is 13.9. The lowest BCUT2D eigenvalue weighted by Gasteiger charge is -2.27. The molecule has 2 aromatic rings. The fourth-order valence-electron chi connectivity index (χ4n) is 2.80. The fourth-order valence-corrected chi connectivity index (χ4v) is 2.80. The van der Waals surface area contributed by atoms with E-state index in [1.165, 1.54) is 29.7 Å². The molecule has 1 aliphatic rings. The maximum absolute atomic E-state index is 11.6. The van der Waals surface area contributed by atoms with Gasteiger partial charge < -0.3 is 10.2 Å². The summed E-state index contributed by atoms with van der Waals surface area (Å²) in [6.45, 7) is 5.51. The van der Waals surface area contributed by atoms with Gasteiger partial charge in [-0.1, -0.05) is 18.2 Å². The molecule has 0 radical (unpaired) electrons. The molecule has 3 rings (SSSR count). The van der Waals surface area contributed by atoms with E-state index >= 15 is 0 Å². The summed E-state index contributed by atoms with van der Waals surface area (Å²) in [6, 6.07) is 9.33. The Balaban J connectivity index is 1.40. The fraction of sp³-hybridized carbons (Fsp3) is 0.455. The van der Waals surface area contributed by atoms with Gasteiger partial charge in [0.2, 0.25) is 0 Å². The summed E-state index contributed by atoms with van der Waals surface area (Å²) in [5.74, 6) is 1.63. The van der Waals surface area contributed by atoms with Crippen LogP contribution < -0.4 is 26.8 Å². The molecule has 0 amide bonds. The normalized spacial score (nSPS) is 14.3. The van der Waals surface area contributed by atoms with E-state index in [4.69, 9.17) is 4.74 Å². The van der Waals surface area contributed by atoms with E-state index in [0.717, 1.165) is 36.8 Å². The van der Waals surface area contributed by atoms with Gasteiger partial charge in [0, 0.05) is 30.4 Å². The van der Waals surface area contributed by atoms with Gasteiger partial charge in [0.1, 0.15) is 5.75 Å². The predicted octanol–water partition coefficient (Wildman–Crippen LogP) is 3.06. The van der Waals surface area contributed by atoms with Gasteiger partial charge in [0.05, 0.1) is 12.3 Å². The number of allylic oxidation sites excluding steroid dienone is 2. The van der Waals surface area contributed by atoms with Crippen molar-refractivity contribution < 1.29 is 4.74 Å². The van der Waals surface area contributed by atoms with Crippen LogP contribution in [0.15, 0.2) is 58.3 Å². The van der Waals surface area contributed by atoms with E-state index in [0.29, 0.717) is 6.54 Å². The first kappa shape index (κ1) is 20.9. The lowest BCUT2D eigenvalue weighted by Crippen LogP contribution is -2.42. The summed E-state index contributed by atoms with van der Waals surface area (Å²) in [5.41, 5.74) is 6.72. The van der Waals surface area contributed by atoms with Crippen molar-refractivity contribution in [3.8, 4) is 5.75 Å². The maximum atomic E-state index is 11.6. The van der Waals surface area contributed by atoms with Crippen LogP contribution in [0, 0.1) is 5.92 Å². The highest BCUT2D eigenvalue weighted by Crippen LogP contribution is 2.30. The molecule has 156 valence electrons. The van der Waals surface area contributed by atoms with E-state index in [1.807, 2.05) is 36.4 Å². The van der Waals surface area contributed by atoms with Gasteiger partial charge in [-0.05, 0) is 57.6 Å². The minimum Gasteiger partial charge on any atom is -0.493 e. The number of rotatable bonds is 11. The molecule has 0 unspecified atom stereocenters. The van der Waals surface area contributed by atoms with Crippen LogP contribution in [-0.2, 0) is 6.54 Å². The Morgan fingerprint density at radius 2 is 2.07 bits per heavy atom. The molecule has 1 aromatic heterocycles. The summed E-state index contributed by atoms with van der Waals surface area (Å²) in [7, 11) is 0. The molecule has 0 aliphatic heterocycles. The number of nitrogens with one attached hydrogen (secondary N) is 3. The van der Waals surface area contributed by atoms with Gasteiger partial charge in [-0.3, -0.25) is 14.3 Å². The van der Waals surface area contributed by atoms with E-state index in [1.54, 1.807) is 0 Å². The first-order valence-electron chi connectivity index (χ1n) is 10.1. The third-order valence-corrected chi connectivity index (χ3v) is 4.86. The zero-order valence-electron chi connectivity index (χ0n) is 17.1. The molecular formula is C22H30N4O3. The molecule has 1 aliphatic carbocycles. The van der Waals surface area contributed by atoms with Crippen LogP contribution in [0.1, 0.15) is 39.5 Å². The van der Waals surface area contributed by atoms with Gasteiger partial charge in [0.15, 0.2) is 0 Å². The Morgan fingerprint density at radius 3 is 2.83 bits per heavy atom. The smallest absolute Gasteiger partial charge is 0.328 e. The Kier molecular flexibility index (Phi) is 6.93. The van der Waals surface area contributed by atoms with E-state index in [2.05, 4.69) is 29.7 Å². The SMILES string of the molecule is CC(C)(CC/C=C/Cn1ccc(=O)[nH]c1=O)NNc1cccc(OCC2CC2)c1. The number of anilines is 1. The third kappa shape index (κ3) is 7.27. The van der Waals surface area contributed by atoms with Crippen molar-refractivity contribution in [1.82, 2.24) is 15.0 Å². The summed E-state index contributed by atoms with van der Waals surface area (Å²) >= 11 is 0. The number of benzene rings is 1. The van der Waals surface area contributed by atoms with Crippen LogP contribution in [0.2, 0.25) is 0 Å². The lowest BCUT2D eigenvalue weighted by atomic mass is 9.99. The predicted molar refractivity (Wildman–Crippen MR) is 115 cm³/mol. The summed E-state index contributed by atoms with van der Waals surface area (Å²) in [4.78, 5) is 24.9. The maximum Gasteiger partial charge on any atom is 0.328 e. The molecular weight excluding hydrogens is 368 g/mol. The first-order valence-corrected chi connectivity index (χ1v) is 10.1. The number of hydrazine groups is 1. The van der Waals surface area contributed by atoms with Crippen molar-refractivity contribution in [1.29, 1.82) is 0 Å². The molecule has 1 fully saturated rings. The quantitative estimate of drug-likeness (QED) is 0.400. The summed E-state index contributed by atoms with van der Waals surface area (Å²) in [5, 5.41) is 0. The van der Waals surface area contributed by atoms with Crippen molar-refractivity contribution in [3.05, 3.63) is 69.5 Å². The second-order valence-corrected chi connectivity index (χ2v) is 8.19. The molecule has 1 saturated carbocycles. The van der Waals surface area contributed by atoms with Crippen LogP contribution in [0.3, 0.4) is 0 Å². The van der Waals surface area contributed by atoms with Gasteiger partial charge >= 0.3 is 5.69 Å². The van der Waals surface area contributed by atoms with E-state index in [9.17, 15) is 9.59 Å². The topological polar surface area (TPSA) is 88.2 Å². The monoisotopic (exact) mass is 398 g/mol. The Labute approximate surface area is 170 Å². The van der Waals surface area contributed by atoms with E-state index in [-0.39, 0.29) is 11.1 Å². The molecule has 1 aromatic carbocycles. The number of nitrogens with zero attached hydrogens (tertiary/aromatic N) is 1. The van der Waals surface area contributed by atoms with Gasteiger partial charge in [0.25, 0.3) is 5.56 Å². The number of ether oxygens (including phenoxy) is 1. The molecule has 1 heterocycles. The molecule has 7 heteroatoms. The van der Waals surface area contributed by atoms with Crippen LogP contribution in [0.5, 0.6) is 5.75 Å². The third-order valence-electron chi connectivity index (χ3n) is 4.86. The van der Waals surface area contributed by atoms with Crippen molar-refractivity contribution in [2.45, 2.75) is 51.6 Å². The van der Waals surface area contributed by atoms with Crippen LogP contribution >= 0.6 is 0 Å². The minimum atomic E-state index is -0.392. The van der Waals surface area contributed by atoms with Gasteiger partial charge in [-0.2, -0.15) is 0 Å². The zero-order chi connectivity index (χ0) is 20.7. The lowest BCUT2D eigenvalue weighted by molar-refractivity contribution is 0.300. The number of aromatic amines is 1. The van der Waals surface area contributed by atoms with Crippen molar-refractivity contribution in [2.75, 3.05) is 12.0 Å². The summed E-state index contributed by atoms with van der Waals surface area (Å²) in [6.07, 6.45) is 9.83. The summed E-state index contributed by atoms with van der Waals surface area (Å²) < 4.78 is 7.28. The number of hydrogen-bond donors (Lipinski definition) is 3. The highest BCUT2D eigenvalue weighted by Gasteiger charge is 2.22. The van der Waals surface area contributed by atoms with Crippen LogP contribution in [0.25, 0.3) is 0 Å². The van der Waals surface area contributed by atoms with Crippen molar-refractivity contribution in [2.24, 2.45) is 5.92 Å². The van der Waals surface area contributed by atoms with Crippen molar-refractivity contribution in [3.63, 3.8) is 0 Å². The van der Waals surface area contributed by atoms with Crippen molar-refractivity contribution >= 4 is 5.69 Å². The molecule has 0 saturated heterocycles. The second kappa shape index (κ2) is 9.60. The Morgan fingerprint density at radius 1 is 1.24 bits per heavy atom. The molecule has 29 heavy (non-hydrogen) atoms. The van der Waals surface area contributed by atoms with Crippen LogP contribution in [0.4, 0.5) is 5.69 Å². The molecule has 0 spiro atoms. The molecule has 0 atom stereocenters. The minimum absolute atomic E-state index is 0.121. The standard InChI is InChI=1S/C22H30N4O3/c1-22(2,12-4-3-5-13-26-14-11-20(27)23-21(26)28)25-24-18-7-6-8-19(15-18)29-16-17-9-10-17/h3,5-8,11,14-15,17,24-25H,4,9-10,12-13,16H2,1-2H3,(H,23,27,28)/b5-3+. The number of hydrogen-bond acceptors (Lipinski definition) is 5. The largest absolute Gasteiger partial charge is 0.493 e.